The first kappa shape index (κ1) is 14.6. The van der Waals surface area contributed by atoms with Crippen molar-refractivity contribution in [3.05, 3.63) is 55.6 Å². The van der Waals surface area contributed by atoms with E-state index in [1.807, 2.05) is 23.5 Å². The van der Waals surface area contributed by atoms with Gasteiger partial charge in [-0.2, -0.15) is 0 Å². The lowest BCUT2D eigenvalue weighted by Gasteiger charge is -2.17. The monoisotopic (exact) mass is 369 g/mol. The van der Waals surface area contributed by atoms with E-state index < -0.39 is 0 Å². The second-order valence-electron chi connectivity index (χ2n) is 5.37. The van der Waals surface area contributed by atoms with E-state index >= 15 is 0 Å². The smallest absolute Gasteiger partial charge is 0.0406 e. The summed E-state index contributed by atoms with van der Waals surface area (Å²) in [6, 6.07) is 11.3. The van der Waals surface area contributed by atoms with Crippen molar-refractivity contribution in [2.45, 2.75) is 31.2 Å². The fourth-order valence-corrected chi connectivity index (χ4v) is 4.00. The Morgan fingerprint density at radius 1 is 1.30 bits per heavy atom. The minimum atomic E-state index is 0.512. The highest BCUT2D eigenvalue weighted by molar-refractivity contribution is 9.10. The molecule has 2 aromatic rings. The topological polar surface area (TPSA) is 12.0 Å². The molecule has 0 bridgehead atoms. The van der Waals surface area contributed by atoms with Crippen LogP contribution in [-0.2, 0) is 6.42 Å². The summed E-state index contributed by atoms with van der Waals surface area (Å²) in [5.74, 6) is 0.512. The summed E-state index contributed by atoms with van der Waals surface area (Å²) in [5, 5.41) is 6.62. The number of hydrogen-bond donors (Lipinski definition) is 1. The van der Waals surface area contributed by atoms with Crippen molar-refractivity contribution in [3.63, 3.8) is 0 Å². The van der Waals surface area contributed by atoms with E-state index in [9.17, 15) is 0 Å². The van der Waals surface area contributed by atoms with E-state index in [0.29, 0.717) is 5.92 Å². The molecule has 0 radical (unpaired) electrons. The lowest BCUT2D eigenvalue weighted by molar-refractivity contribution is 0.580. The van der Waals surface area contributed by atoms with Gasteiger partial charge in [-0.15, -0.1) is 11.3 Å². The van der Waals surface area contributed by atoms with Gasteiger partial charge in [0.1, 0.15) is 0 Å². The second-order valence-corrected chi connectivity index (χ2v) is 7.71. The van der Waals surface area contributed by atoms with Crippen molar-refractivity contribution >= 4 is 38.9 Å². The molecule has 1 aromatic carbocycles. The minimum Gasteiger partial charge on any atom is -0.313 e. The van der Waals surface area contributed by atoms with Crippen LogP contribution in [0.15, 0.2) is 40.2 Å². The highest BCUT2D eigenvalue weighted by Crippen LogP contribution is 2.28. The number of rotatable bonds is 6. The van der Waals surface area contributed by atoms with Gasteiger partial charge in [0.25, 0.3) is 0 Å². The molecule has 0 aliphatic heterocycles. The van der Waals surface area contributed by atoms with Crippen LogP contribution in [0, 0.1) is 0 Å². The van der Waals surface area contributed by atoms with E-state index in [2.05, 4.69) is 44.8 Å². The van der Waals surface area contributed by atoms with Crippen molar-refractivity contribution in [1.29, 1.82) is 0 Å². The SMILES string of the molecule is Clc1ccc(C(CNC2CC2)Cc2cc(Br)cs2)cc1. The maximum absolute atomic E-state index is 6.00. The molecule has 4 heteroatoms. The lowest BCUT2D eigenvalue weighted by Crippen LogP contribution is -2.24. The first-order valence-electron chi connectivity index (χ1n) is 6.92. The number of nitrogens with one attached hydrogen (secondary N) is 1. The second kappa shape index (κ2) is 6.61. The Hall–Kier alpha value is -0.350. The van der Waals surface area contributed by atoms with Crippen molar-refractivity contribution in [1.82, 2.24) is 5.32 Å². The van der Waals surface area contributed by atoms with E-state index in [1.54, 1.807) is 0 Å². The Labute approximate surface area is 137 Å². The summed E-state index contributed by atoms with van der Waals surface area (Å²) in [6.45, 7) is 1.04. The van der Waals surface area contributed by atoms with Gasteiger partial charge in [0.05, 0.1) is 0 Å². The van der Waals surface area contributed by atoms with Gasteiger partial charge < -0.3 is 5.32 Å². The predicted octanol–water partition coefficient (Wildman–Crippen LogP) is 5.24. The minimum absolute atomic E-state index is 0.512. The molecular weight excluding hydrogens is 354 g/mol. The van der Waals surface area contributed by atoms with Crippen molar-refractivity contribution in [3.8, 4) is 0 Å². The third-order valence-electron chi connectivity index (χ3n) is 3.64. The van der Waals surface area contributed by atoms with Crippen LogP contribution < -0.4 is 5.32 Å². The standard InChI is InChI=1S/C16H17BrClNS/c17-13-8-16(20-10-13)7-12(9-19-15-5-6-15)11-1-3-14(18)4-2-11/h1-4,8,10,12,15,19H,5-7,9H2. The number of benzene rings is 1. The third-order valence-corrected chi connectivity index (χ3v) is 5.61. The summed E-state index contributed by atoms with van der Waals surface area (Å²) in [6.07, 6.45) is 3.74. The molecule has 0 saturated heterocycles. The summed E-state index contributed by atoms with van der Waals surface area (Å²) >= 11 is 11.4. The molecule has 3 rings (SSSR count). The zero-order chi connectivity index (χ0) is 13.9. The summed E-state index contributed by atoms with van der Waals surface area (Å²) < 4.78 is 1.18. The van der Waals surface area contributed by atoms with Gasteiger partial charge in [0.2, 0.25) is 0 Å². The maximum atomic E-state index is 6.00. The van der Waals surface area contributed by atoms with Gasteiger partial charge in [-0.05, 0) is 59.0 Å². The molecule has 0 spiro atoms. The summed E-state index contributed by atoms with van der Waals surface area (Å²) in [7, 11) is 0. The van der Waals surface area contributed by atoms with Crippen LogP contribution in [0.1, 0.15) is 29.2 Å². The first-order valence-corrected chi connectivity index (χ1v) is 8.97. The highest BCUT2D eigenvalue weighted by atomic mass is 79.9. The summed E-state index contributed by atoms with van der Waals surface area (Å²) in [4.78, 5) is 1.43. The molecule has 1 N–H and O–H groups in total. The van der Waals surface area contributed by atoms with Crippen LogP contribution in [-0.4, -0.2) is 12.6 Å². The number of hydrogen-bond acceptors (Lipinski definition) is 2. The molecule has 1 saturated carbocycles. The van der Waals surface area contributed by atoms with Gasteiger partial charge in [-0.3, -0.25) is 0 Å². The number of halogens is 2. The van der Waals surface area contributed by atoms with Crippen molar-refractivity contribution in [2.75, 3.05) is 6.54 Å². The first-order chi connectivity index (χ1) is 9.70. The van der Waals surface area contributed by atoms with Crippen molar-refractivity contribution in [2.24, 2.45) is 0 Å². The molecule has 1 aliphatic carbocycles. The lowest BCUT2D eigenvalue weighted by atomic mass is 9.95. The maximum Gasteiger partial charge on any atom is 0.0406 e. The molecule has 106 valence electrons. The molecule has 1 atom stereocenters. The molecular formula is C16H17BrClNS. The van der Waals surface area contributed by atoms with Crippen LogP contribution in [0.3, 0.4) is 0 Å². The zero-order valence-electron chi connectivity index (χ0n) is 11.1. The predicted molar refractivity (Wildman–Crippen MR) is 90.9 cm³/mol. The molecule has 1 aliphatic rings. The Morgan fingerprint density at radius 2 is 2.05 bits per heavy atom. The average molecular weight is 371 g/mol. The largest absolute Gasteiger partial charge is 0.313 e. The van der Waals surface area contributed by atoms with Crippen molar-refractivity contribution < 1.29 is 0 Å². The number of thiophene rings is 1. The van der Waals surface area contributed by atoms with E-state index in [1.165, 1.54) is 27.8 Å². The Morgan fingerprint density at radius 3 is 2.65 bits per heavy atom. The van der Waals surface area contributed by atoms with Crippen LogP contribution in [0.25, 0.3) is 0 Å². The van der Waals surface area contributed by atoms with Crippen LogP contribution in [0.5, 0.6) is 0 Å². The normalized spacial score (nSPS) is 16.3. The quantitative estimate of drug-likeness (QED) is 0.733. The van der Waals surface area contributed by atoms with Gasteiger partial charge in [-0.1, -0.05) is 23.7 Å². The Kier molecular flexibility index (Phi) is 4.82. The van der Waals surface area contributed by atoms with Gasteiger partial charge >= 0.3 is 0 Å². The molecule has 1 unspecified atom stereocenters. The molecule has 1 nitrogen and oxygen atoms in total. The fourth-order valence-electron chi connectivity index (χ4n) is 2.34. The third kappa shape index (κ3) is 4.08. The Bertz CT molecular complexity index is 562. The fraction of sp³-hybridized carbons (Fsp3) is 0.375. The summed E-state index contributed by atoms with van der Waals surface area (Å²) in [5.41, 5.74) is 1.37. The molecule has 1 aromatic heterocycles. The highest BCUT2D eigenvalue weighted by Gasteiger charge is 2.22. The van der Waals surface area contributed by atoms with Crippen LogP contribution in [0.2, 0.25) is 5.02 Å². The zero-order valence-corrected chi connectivity index (χ0v) is 14.3. The van der Waals surface area contributed by atoms with Gasteiger partial charge in [0, 0.05) is 38.3 Å². The van der Waals surface area contributed by atoms with E-state index in [-0.39, 0.29) is 0 Å². The van der Waals surface area contributed by atoms with Gasteiger partial charge in [0.15, 0.2) is 0 Å². The molecule has 20 heavy (non-hydrogen) atoms. The van der Waals surface area contributed by atoms with E-state index in [4.69, 9.17) is 11.6 Å². The Balaban J connectivity index is 1.73. The van der Waals surface area contributed by atoms with Crippen LogP contribution >= 0.6 is 38.9 Å². The average Bonchev–Trinajstić information content (AvgIpc) is 3.18. The molecule has 0 amide bonds. The molecule has 1 heterocycles. The van der Waals surface area contributed by atoms with Crippen LogP contribution in [0.4, 0.5) is 0 Å². The van der Waals surface area contributed by atoms with Gasteiger partial charge in [-0.25, -0.2) is 0 Å². The van der Waals surface area contributed by atoms with E-state index in [0.717, 1.165) is 24.0 Å². The molecule has 1 fully saturated rings.